The fraction of sp³-hybridized carbons (Fsp3) is 0.125. The van der Waals surface area contributed by atoms with E-state index in [1.54, 1.807) is 0 Å². The molecule has 0 fully saturated rings. The fourth-order valence-electron chi connectivity index (χ4n) is 0.793. The summed E-state index contributed by atoms with van der Waals surface area (Å²) in [4.78, 5) is 0. The third-order valence-electron chi connectivity index (χ3n) is 1.38. The smallest absolute Gasteiger partial charge is 0.168 e. The molecular formula is C8H5F2NO. The summed E-state index contributed by atoms with van der Waals surface area (Å²) in [6.45, 7) is 0. The van der Waals surface area contributed by atoms with Crippen molar-refractivity contribution in [2.24, 2.45) is 0 Å². The van der Waals surface area contributed by atoms with Crippen LogP contribution in [0.5, 0.6) is 0 Å². The van der Waals surface area contributed by atoms with E-state index < -0.39 is 17.7 Å². The summed E-state index contributed by atoms with van der Waals surface area (Å²) >= 11 is 0. The van der Waals surface area contributed by atoms with Crippen LogP contribution in [-0.4, -0.2) is 5.11 Å². The Hall–Kier alpha value is -1.47. The Kier molecular flexibility index (Phi) is 2.36. The summed E-state index contributed by atoms with van der Waals surface area (Å²) in [5.41, 5.74) is -0.209. The van der Waals surface area contributed by atoms with Crippen LogP contribution in [0.4, 0.5) is 8.78 Å². The number of hydrogen-bond acceptors (Lipinski definition) is 2. The Balaban J connectivity index is 3.11. The highest BCUT2D eigenvalue weighted by Crippen LogP contribution is 2.16. The van der Waals surface area contributed by atoms with Crippen molar-refractivity contribution < 1.29 is 13.9 Å². The third kappa shape index (κ3) is 1.57. The van der Waals surface area contributed by atoms with E-state index in [9.17, 15) is 8.78 Å². The Morgan fingerprint density at radius 3 is 2.58 bits per heavy atom. The van der Waals surface area contributed by atoms with Crippen molar-refractivity contribution in [3.05, 3.63) is 35.4 Å². The minimum absolute atomic E-state index is 0.209. The molecule has 0 spiro atoms. The SMILES string of the molecule is N#C[C@@H](O)c1ccc(F)cc1F. The van der Waals surface area contributed by atoms with Gasteiger partial charge in [-0.25, -0.2) is 8.78 Å². The Labute approximate surface area is 67.7 Å². The first-order chi connectivity index (χ1) is 5.65. The maximum atomic E-state index is 12.7. The molecule has 0 saturated heterocycles. The molecule has 0 unspecified atom stereocenters. The normalized spacial score (nSPS) is 12.2. The Bertz CT molecular complexity index is 332. The van der Waals surface area contributed by atoms with Gasteiger partial charge in [0.2, 0.25) is 0 Å². The number of aliphatic hydroxyl groups is 1. The maximum absolute atomic E-state index is 12.7. The van der Waals surface area contributed by atoms with Gasteiger partial charge in [0.05, 0.1) is 6.07 Å². The minimum Gasteiger partial charge on any atom is -0.374 e. The first-order valence-electron chi connectivity index (χ1n) is 3.18. The second kappa shape index (κ2) is 3.28. The number of nitrogens with zero attached hydrogens (tertiary/aromatic N) is 1. The van der Waals surface area contributed by atoms with Crippen molar-refractivity contribution in [1.82, 2.24) is 0 Å². The lowest BCUT2D eigenvalue weighted by Crippen LogP contribution is -1.97. The Morgan fingerprint density at radius 1 is 1.42 bits per heavy atom. The molecule has 0 bridgehead atoms. The van der Waals surface area contributed by atoms with Crippen molar-refractivity contribution in [3.8, 4) is 6.07 Å². The van der Waals surface area contributed by atoms with Crippen LogP contribution >= 0.6 is 0 Å². The molecule has 0 aromatic heterocycles. The molecule has 62 valence electrons. The van der Waals surface area contributed by atoms with Gasteiger partial charge in [0.25, 0.3) is 0 Å². The predicted octanol–water partition coefficient (Wildman–Crippen LogP) is 1.52. The molecule has 0 aliphatic carbocycles. The molecule has 1 rings (SSSR count). The van der Waals surface area contributed by atoms with Gasteiger partial charge in [0, 0.05) is 11.6 Å². The summed E-state index contributed by atoms with van der Waals surface area (Å²) in [6, 6.07) is 4.08. The molecule has 0 aliphatic rings. The number of nitriles is 1. The molecule has 1 atom stereocenters. The van der Waals surface area contributed by atoms with Gasteiger partial charge in [-0.15, -0.1) is 0 Å². The van der Waals surface area contributed by atoms with Gasteiger partial charge >= 0.3 is 0 Å². The van der Waals surface area contributed by atoms with Gasteiger partial charge in [0.15, 0.2) is 6.10 Å². The van der Waals surface area contributed by atoms with Crippen LogP contribution in [0.2, 0.25) is 0 Å². The van der Waals surface area contributed by atoms with Crippen molar-refractivity contribution in [3.63, 3.8) is 0 Å². The quantitative estimate of drug-likeness (QED) is 0.647. The lowest BCUT2D eigenvalue weighted by atomic mass is 10.1. The van der Waals surface area contributed by atoms with E-state index in [0.29, 0.717) is 6.07 Å². The zero-order valence-electron chi connectivity index (χ0n) is 5.96. The second-order valence-electron chi connectivity index (χ2n) is 2.20. The fourth-order valence-corrected chi connectivity index (χ4v) is 0.793. The summed E-state index contributed by atoms with van der Waals surface area (Å²) in [5, 5.41) is 17.1. The number of halogens is 2. The molecule has 4 heteroatoms. The van der Waals surface area contributed by atoms with Crippen LogP contribution in [-0.2, 0) is 0 Å². The highest BCUT2D eigenvalue weighted by molar-refractivity contribution is 5.24. The van der Waals surface area contributed by atoms with Crippen molar-refractivity contribution >= 4 is 0 Å². The van der Waals surface area contributed by atoms with Gasteiger partial charge in [-0.3, -0.25) is 0 Å². The highest BCUT2D eigenvalue weighted by atomic mass is 19.1. The second-order valence-corrected chi connectivity index (χ2v) is 2.20. The Morgan fingerprint density at radius 2 is 2.08 bits per heavy atom. The lowest BCUT2D eigenvalue weighted by Gasteiger charge is -2.02. The molecule has 0 saturated carbocycles. The van der Waals surface area contributed by atoms with Gasteiger partial charge in [-0.05, 0) is 12.1 Å². The maximum Gasteiger partial charge on any atom is 0.168 e. The number of rotatable bonds is 1. The molecular weight excluding hydrogens is 164 g/mol. The van der Waals surface area contributed by atoms with E-state index >= 15 is 0 Å². The summed E-state index contributed by atoms with van der Waals surface area (Å²) < 4.78 is 25.0. The van der Waals surface area contributed by atoms with Crippen molar-refractivity contribution in [2.75, 3.05) is 0 Å². The molecule has 1 N–H and O–H groups in total. The van der Waals surface area contributed by atoms with Crippen LogP contribution < -0.4 is 0 Å². The average Bonchev–Trinajstić information content (AvgIpc) is 2.03. The standard InChI is InChI=1S/C8H5F2NO/c9-5-1-2-6(7(10)3-5)8(12)4-11/h1-3,8,12H/t8-/m1/s1. The highest BCUT2D eigenvalue weighted by Gasteiger charge is 2.11. The van der Waals surface area contributed by atoms with Gasteiger partial charge in [-0.1, -0.05) is 0 Å². The van der Waals surface area contributed by atoms with Crippen molar-refractivity contribution in [2.45, 2.75) is 6.10 Å². The molecule has 2 nitrogen and oxygen atoms in total. The zero-order chi connectivity index (χ0) is 9.14. The van der Waals surface area contributed by atoms with Crippen LogP contribution in [0, 0.1) is 23.0 Å². The van der Waals surface area contributed by atoms with Crippen molar-refractivity contribution in [1.29, 1.82) is 5.26 Å². The average molecular weight is 169 g/mol. The molecule has 0 amide bonds. The first kappa shape index (κ1) is 8.62. The third-order valence-corrected chi connectivity index (χ3v) is 1.38. The number of benzene rings is 1. The largest absolute Gasteiger partial charge is 0.374 e. The van der Waals surface area contributed by atoms with Crippen LogP contribution in [0.3, 0.4) is 0 Å². The minimum atomic E-state index is -1.54. The topological polar surface area (TPSA) is 44.0 Å². The van der Waals surface area contributed by atoms with E-state index in [1.807, 2.05) is 0 Å². The predicted molar refractivity (Wildman–Crippen MR) is 36.9 cm³/mol. The molecule has 0 aliphatic heterocycles. The van der Waals surface area contributed by atoms with E-state index in [4.69, 9.17) is 10.4 Å². The van der Waals surface area contributed by atoms with Crippen LogP contribution in [0.15, 0.2) is 18.2 Å². The van der Waals surface area contributed by atoms with Gasteiger partial charge in [0.1, 0.15) is 11.6 Å². The van der Waals surface area contributed by atoms with Gasteiger partial charge in [-0.2, -0.15) is 5.26 Å². The monoisotopic (exact) mass is 169 g/mol. The molecule has 12 heavy (non-hydrogen) atoms. The van der Waals surface area contributed by atoms with E-state index in [-0.39, 0.29) is 5.56 Å². The van der Waals surface area contributed by atoms with E-state index in [1.165, 1.54) is 6.07 Å². The molecule has 0 heterocycles. The molecule has 0 radical (unpaired) electrons. The lowest BCUT2D eigenvalue weighted by molar-refractivity contribution is 0.230. The zero-order valence-corrected chi connectivity index (χ0v) is 5.96. The van der Waals surface area contributed by atoms with E-state index in [2.05, 4.69) is 0 Å². The van der Waals surface area contributed by atoms with Crippen LogP contribution in [0.25, 0.3) is 0 Å². The molecule has 1 aromatic rings. The summed E-state index contributed by atoms with van der Waals surface area (Å²) in [5.74, 6) is -1.65. The van der Waals surface area contributed by atoms with Gasteiger partial charge < -0.3 is 5.11 Å². The number of aliphatic hydroxyl groups excluding tert-OH is 1. The summed E-state index contributed by atoms with van der Waals surface area (Å²) in [7, 11) is 0. The van der Waals surface area contributed by atoms with E-state index in [0.717, 1.165) is 12.1 Å². The first-order valence-corrected chi connectivity index (χ1v) is 3.18. The number of hydrogen-bond donors (Lipinski definition) is 1. The molecule has 1 aromatic carbocycles. The summed E-state index contributed by atoms with van der Waals surface area (Å²) in [6.07, 6.45) is -1.54. The van der Waals surface area contributed by atoms with Crippen LogP contribution in [0.1, 0.15) is 11.7 Å².